The number of aryl methyl sites for hydroxylation is 1. The van der Waals surface area contributed by atoms with Crippen LogP contribution in [0.25, 0.3) is 0 Å². The topological polar surface area (TPSA) is 114 Å². The number of carboxylic acid groups (broad SMARTS) is 1. The summed E-state index contributed by atoms with van der Waals surface area (Å²) in [5, 5.41) is 13.8. The molecule has 0 saturated carbocycles. The molecule has 10 nitrogen and oxygen atoms in total. The Labute approximate surface area is 221 Å². The quantitative estimate of drug-likeness (QED) is 0.450. The van der Waals surface area contributed by atoms with Crippen LogP contribution in [0.15, 0.2) is 36.4 Å². The van der Waals surface area contributed by atoms with Crippen LogP contribution in [0.5, 0.6) is 11.5 Å². The van der Waals surface area contributed by atoms with Gasteiger partial charge >= 0.3 is 18.1 Å². The van der Waals surface area contributed by atoms with E-state index in [9.17, 15) is 19.5 Å². The molecule has 5 rings (SSSR count). The normalized spacial score (nSPS) is 23.5. The van der Waals surface area contributed by atoms with Crippen molar-refractivity contribution in [2.75, 3.05) is 38.7 Å². The highest BCUT2D eigenvalue weighted by Gasteiger charge is 2.58. The van der Waals surface area contributed by atoms with Gasteiger partial charge < -0.3 is 24.6 Å². The number of amides is 3. The predicted octanol–water partition coefficient (Wildman–Crippen LogP) is 3.95. The minimum absolute atomic E-state index is 0.114. The van der Waals surface area contributed by atoms with Crippen LogP contribution >= 0.6 is 0 Å². The number of carbonyl (C=O) groups is 3. The molecule has 1 fully saturated rings. The van der Waals surface area contributed by atoms with Gasteiger partial charge in [-0.05, 0) is 55.0 Å². The third-order valence-electron chi connectivity index (χ3n) is 7.98. The summed E-state index contributed by atoms with van der Waals surface area (Å²) in [6.07, 6.45) is 0.645. The van der Waals surface area contributed by atoms with E-state index < -0.39 is 28.8 Å². The lowest BCUT2D eigenvalue weighted by molar-refractivity contribution is -0.913. The van der Waals surface area contributed by atoms with Crippen molar-refractivity contribution in [3.63, 3.8) is 0 Å². The third-order valence-corrected chi connectivity index (χ3v) is 7.98. The predicted molar refractivity (Wildman–Crippen MR) is 138 cm³/mol. The lowest BCUT2D eigenvalue weighted by Crippen LogP contribution is -2.73. The van der Waals surface area contributed by atoms with E-state index in [2.05, 4.69) is 5.32 Å². The summed E-state index contributed by atoms with van der Waals surface area (Å²) >= 11 is 0. The van der Waals surface area contributed by atoms with Crippen LogP contribution in [0, 0.1) is 6.92 Å². The van der Waals surface area contributed by atoms with Crippen LogP contribution < -0.4 is 14.8 Å². The number of para-hydroxylation sites is 1. The van der Waals surface area contributed by atoms with Crippen molar-refractivity contribution in [3.8, 4) is 11.5 Å². The van der Waals surface area contributed by atoms with E-state index in [1.54, 1.807) is 4.90 Å². The fraction of sp³-hybridized carbons (Fsp3) is 0.464. The lowest BCUT2D eigenvalue weighted by Gasteiger charge is -2.49. The summed E-state index contributed by atoms with van der Waals surface area (Å²) < 4.78 is 16.1. The van der Waals surface area contributed by atoms with Gasteiger partial charge in [-0.3, -0.25) is 4.90 Å². The number of nitrogens with zero attached hydrogens (tertiary/aromatic N) is 2. The molecular formula is C28H34N3O7+. The van der Waals surface area contributed by atoms with Crippen LogP contribution in [0.2, 0.25) is 0 Å². The lowest BCUT2D eigenvalue weighted by atomic mass is 9.94. The molecule has 38 heavy (non-hydrogen) atoms. The maximum atomic E-state index is 13.5. The molecule has 3 aliphatic heterocycles. The van der Waals surface area contributed by atoms with Crippen LogP contribution in [0.4, 0.5) is 15.3 Å². The molecule has 1 saturated heterocycles. The number of anilines is 1. The number of quaternary nitrogens is 1. The minimum Gasteiger partial charge on any atom is -0.486 e. The van der Waals surface area contributed by atoms with Crippen molar-refractivity contribution >= 4 is 23.8 Å². The van der Waals surface area contributed by atoms with Crippen LogP contribution in [0.3, 0.4) is 0 Å². The van der Waals surface area contributed by atoms with Crippen molar-refractivity contribution in [2.45, 2.75) is 51.2 Å². The number of urea groups is 1. The minimum atomic E-state index is -1.14. The highest BCUT2D eigenvalue weighted by molar-refractivity contribution is 5.91. The zero-order valence-corrected chi connectivity index (χ0v) is 21.8. The van der Waals surface area contributed by atoms with E-state index in [0.29, 0.717) is 50.5 Å². The maximum absolute atomic E-state index is 13.5. The Kier molecular flexibility index (Phi) is 7.16. The van der Waals surface area contributed by atoms with E-state index in [1.807, 2.05) is 43.3 Å². The number of rotatable bonds is 5. The number of hydrogen-bond donors (Lipinski definition) is 2. The van der Waals surface area contributed by atoms with Crippen LogP contribution in [-0.2, 0) is 22.4 Å². The highest BCUT2D eigenvalue weighted by atomic mass is 16.6. The number of esters is 1. The molecule has 3 atom stereocenters. The van der Waals surface area contributed by atoms with Gasteiger partial charge in [-0.2, -0.15) is 9.28 Å². The first-order valence-electron chi connectivity index (χ1n) is 13.1. The molecule has 3 heterocycles. The molecule has 2 aromatic rings. The van der Waals surface area contributed by atoms with Gasteiger partial charge in [0.1, 0.15) is 13.2 Å². The van der Waals surface area contributed by atoms with Gasteiger partial charge in [0, 0.05) is 25.1 Å². The first-order valence-corrected chi connectivity index (χ1v) is 13.1. The highest BCUT2D eigenvalue weighted by Crippen LogP contribution is 2.39. The van der Waals surface area contributed by atoms with Crippen molar-refractivity contribution < 1.29 is 38.2 Å². The number of ether oxygens (including phenoxy) is 3. The number of hydrogen-bond acceptors (Lipinski definition) is 6. The van der Waals surface area contributed by atoms with Crippen LogP contribution in [-0.4, -0.2) is 78.2 Å². The molecule has 3 amide bonds. The second-order valence-corrected chi connectivity index (χ2v) is 10.1. The monoisotopic (exact) mass is 524 g/mol. The Hall–Kier alpha value is -3.79. The number of benzene rings is 2. The van der Waals surface area contributed by atoms with Gasteiger partial charge in [0.05, 0.1) is 13.7 Å². The van der Waals surface area contributed by atoms with E-state index in [4.69, 9.17) is 14.2 Å². The molecule has 2 aromatic carbocycles. The second kappa shape index (κ2) is 10.5. The molecule has 2 unspecified atom stereocenters. The molecule has 0 bridgehead atoms. The summed E-state index contributed by atoms with van der Waals surface area (Å²) in [7, 11) is 1.27. The number of fused-ring (bicyclic) bond motifs is 2. The zero-order chi connectivity index (χ0) is 26.9. The van der Waals surface area contributed by atoms with Gasteiger partial charge in [0.15, 0.2) is 17.7 Å². The van der Waals surface area contributed by atoms with E-state index in [-0.39, 0.29) is 19.0 Å². The summed E-state index contributed by atoms with van der Waals surface area (Å²) in [6.45, 7) is 3.33. The van der Waals surface area contributed by atoms with E-state index in [0.717, 1.165) is 28.8 Å². The Morgan fingerprint density at radius 1 is 1.21 bits per heavy atom. The standard InChI is InChI=1S/C28H33N3O7/c1-18-15-19(17-23-25(18)38-14-13-37-23)16-22(26(32)36-2)31(28(34)35)12-6-5-9-24(31)30-11-10-20-7-3-4-8-21(20)29-27(30)33/h3-4,7-8,15,17,22,24H,5-6,9-14,16H2,1-2H3,(H-,29,33,34,35)/p+1/t22?,24?,31-/m1/s1. The van der Waals surface area contributed by atoms with Crippen LogP contribution in [0.1, 0.15) is 36.0 Å². The number of methoxy groups -OCH3 is 1. The smallest absolute Gasteiger partial charge is 0.486 e. The fourth-order valence-electron chi connectivity index (χ4n) is 6.19. The Bertz CT molecular complexity index is 1250. The van der Waals surface area contributed by atoms with Crippen molar-refractivity contribution in [1.29, 1.82) is 0 Å². The summed E-state index contributed by atoms with van der Waals surface area (Å²) in [5.74, 6) is 0.621. The van der Waals surface area contributed by atoms with Crippen molar-refractivity contribution in [2.24, 2.45) is 0 Å². The Balaban J connectivity index is 1.54. The van der Waals surface area contributed by atoms with Gasteiger partial charge in [0.25, 0.3) is 0 Å². The Morgan fingerprint density at radius 2 is 2.00 bits per heavy atom. The summed E-state index contributed by atoms with van der Waals surface area (Å²) in [5.41, 5.74) is 3.31. The average Bonchev–Trinajstić information content (AvgIpc) is 3.09. The Morgan fingerprint density at radius 3 is 2.79 bits per heavy atom. The number of piperidine rings is 1. The van der Waals surface area contributed by atoms with Gasteiger partial charge in [-0.1, -0.05) is 24.3 Å². The molecule has 10 heteroatoms. The molecule has 3 aliphatic rings. The van der Waals surface area contributed by atoms with Gasteiger partial charge in [-0.25, -0.2) is 9.59 Å². The van der Waals surface area contributed by atoms with Crippen molar-refractivity contribution in [1.82, 2.24) is 4.90 Å². The average molecular weight is 525 g/mol. The number of likely N-dealkylation sites (tertiary alicyclic amines) is 1. The summed E-state index contributed by atoms with van der Waals surface area (Å²) in [6, 6.07) is 9.86. The van der Waals surface area contributed by atoms with Gasteiger partial charge in [-0.15, -0.1) is 0 Å². The largest absolute Gasteiger partial charge is 0.515 e. The fourth-order valence-corrected chi connectivity index (χ4v) is 6.19. The molecule has 202 valence electrons. The molecule has 2 N–H and O–H groups in total. The zero-order valence-electron chi connectivity index (χ0n) is 21.8. The molecule has 0 spiro atoms. The first kappa shape index (κ1) is 25.8. The SMILES string of the molecule is COC(=O)C(Cc1cc(C)c2c(c1)OCCO2)[N@+]1(C(=O)O)CCCCC1N1CCc2ccccc2NC1=O. The molecular weight excluding hydrogens is 490 g/mol. The van der Waals surface area contributed by atoms with Gasteiger partial charge in [0.2, 0.25) is 6.04 Å². The number of carbonyl (C=O) groups excluding carboxylic acids is 2. The first-order chi connectivity index (χ1) is 18.3. The molecule has 0 radical (unpaired) electrons. The number of nitrogens with one attached hydrogen (secondary N) is 1. The third kappa shape index (κ3) is 4.53. The second-order valence-electron chi connectivity index (χ2n) is 10.1. The maximum Gasteiger partial charge on any atom is 0.515 e. The molecule has 0 aromatic heterocycles. The van der Waals surface area contributed by atoms with E-state index >= 15 is 0 Å². The van der Waals surface area contributed by atoms with E-state index in [1.165, 1.54) is 7.11 Å². The molecule has 0 aliphatic carbocycles. The van der Waals surface area contributed by atoms with Crippen molar-refractivity contribution in [3.05, 3.63) is 53.1 Å². The summed E-state index contributed by atoms with van der Waals surface area (Å²) in [4.78, 5) is 41.7.